The van der Waals surface area contributed by atoms with Gasteiger partial charge in [0.1, 0.15) is 0 Å². The van der Waals surface area contributed by atoms with Gasteiger partial charge in [-0.15, -0.1) is 0 Å². The summed E-state index contributed by atoms with van der Waals surface area (Å²) in [6, 6.07) is 3.83. The highest BCUT2D eigenvalue weighted by Crippen LogP contribution is 2.33. The van der Waals surface area contributed by atoms with Crippen molar-refractivity contribution in [1.82, 2.24) is 5.32 Å². The molecule has 1 rings (SSSR count). The van der Waals surface area contributed by atoms with Gasteiger partial charge in [0, 0.05) is 17.6 Å². The van der Waals surface area contributed by atoms with Crippen molar-refractivity contribution in [2.45, 2.75) is 40.7 Å². The van der Waals surface area contributed by atoms with Gasteiger partial charge in [0.25, 0.3) is 0 Å². The highest BCUT2D eigenvalue weighted by Gasteiger charge is 2.11. The third-order valence-corrected chi connectivity index (χ3v) is 3.09. The van der Waals surface area contributed by atoms with Crippen LogP contribution < -0.4 is 14.8 Å². The molecule has 1 aromatic rings. The average molecular weight is 300 g/mol. The number of benzene rings is 1. The summed E-state index contributed by atoms with van der Waals surface area (Å²) in [5.41, 5.74) is 1.04. The number of ether oxygens (including phenoxy) is 2. The van der Waals surface area contributed by atoms with E-state index in [2.05, 4.69) is 26.1 Å². The molecule has 0 bridgehead atoms. The summed E-state index contributed by atoms with van der Waals surface area (Å²) in [6.07, 6.45) is 0.959. The molecule has 1 N–H and O–H groups in total. The molecule has 0 aromatic heterocycles. The van der Waals surface area contributed by atoms with E-state index in [1.807, 2.05) is 19.1 Å². The van der Waals surface area contributed by atoms with Crippen LogP contribution in [0.1, 0.15) is 39.7 Å². The van der Waals surface area contributed by atoms with E-state index in [9.17, 15) is 0 Å². The van der Waals surface area contributed by atoms with Crippen LogP contribution in [0, 0.1) is 5.92 Å². The molecule has 0 aliphatic rings. The lowest BCUT2D eigenvalue weighted by Crippen LogP contribution is -2.19. The summed E-state index contributed by atoms with van der Waals surface area (Å²) in [7, 11) is 0. The van der Waals surface area contributed by atoms with Gasteiger partial charge in [0.05, 0.1) is 13.2 Å². The van der Waals surface area contributed by atoms with E-state index in [-0.39, 0.29) is 0 Å². The molecule has 0 amide bonds. The molecule has 0 atom stereocenters. The zero-order valence-electron chi connectivity index (χ0n) is 13.0. The molecule has 0 saturated carbocycles. The van der Waals surface area contributed by atoms with Gasteiger partial charge in [-0.05, 0) is 37.4 Å². The van der Waals surface area contributed by atoms with Gasteiger partial charge in [0.2, 0.25) is 0 Å². The van der Waals surface area contributed by atoms with Crippen LogP contribution in [0.15, 0.2) is 12.1 Å². The van der Waals surface area contributed by atoms with Crippen molar-refractivity contribution in [3.05, 3.63) is 22.7 Å². The standard InChI is InChI=1S/C16H26ClNO2/c1-5-7-20-16-9-14(17)13(8-15(16)19-6-2)11-18-10-12(3)4/h8-9,12,18H,5-7,10-11H2,1-4H3. The van der Waals surface area contributed by atoms with Gasteiger partial charge < -0.3 is 14.8 Å². The molecule has 20 heavy (non-hydrogen) atoms. The number of nitrogens with one attached hydrogen (secondary N) is 1. The summed E-state index contributed by atoms with van der Waals surface area (Å²) in [5.74, 6) is 2.12. The van der Waals surface area contributed by atoms with Crippen molar-refractivity contribution in [1.29, 1.82) is 0 Å². The van der Waals surface area contributed by atoms with Crippen molar-refractivity contribution in [3.63, 3.8) is 0 Å². The Morgan fingerprint density at radius 2 is 1.85 bits per heavy atom. The third-order valence-electron chi connectivity index (χ3n) is 2.74. The minimum atomic E-state index is 0.614. The quantitative estimate of drug-likeness (QED) is 0.738. The van der Waals surface area contributed by atoms with E-state index in [0.29, 0.717) is 19.1 Å². The second-order valence-electron chi connectivity index (χ2n) is 5.20. The first-order valence-electron chi connectivity index (χ1n) is 7.37. The molecule has 0 heterocycles. The lowest BCUT2D eigenvalue weighted by molar-refractivity contribution is 0.276. The van der Waals surface area contributed by atoms with Gasteiger partial charge in [-0.3, -0.25) is 0 Å². The van der Waals surface area contributed by atoms with E-state index in [4.69, 9.17) is 21.1 Å². The van der Waals surface area contributed by atoms with Crippen LogP contribution in [-0.4, -0.2) is 19.8 Å². The van der Waals surface area contributed by atoms with Gasteiger partial charge in [0.15, 0.2) is 11.5 Å². The Hall–Kier alpha value is -0.930. The minimum Gasteiger partial charge on any atom is -0.490 e. The molecule has 114 valence electrons. The highest BCUT2D eigenvalue weighted by molar-refractivity contribution is 6.31. The molecule has 3 nitrogen and oxygen atoms in total. The molecule has 0 fully saturated rings. The van der Waals surface area contributed by atoms with E-state index in [1.165, 1.54) is 0 Å². The first-order valence-corrected chi connectivity index (χ1v) is 7.75. The van der Waals surface area contributed by atoms with Gasteiger partial charge in [-0.2, -0.15) is 0 Å². The van der Waals surface area contributed by atoms with Crippen LogP contribution in [-0.2, 0) is 6.54 Å². The summed E-state index contributed by atoms with van der Waals surface area (Å²) in [5, 5.41) is 4.11. The highest BCUT2D eigenvalue weighted by atomic mass is 35.5. The first-order chi connectivity index (χ1) is 9.58. The lowest BCUT2D eigenvalue weighted by atomic mass is 10.1. The monoisotopic (exact) mass is 299 g/mol. The molecule has 0 saturated heterocycles. The Balaban J connectivity index is 2.82. The molecule has 0 radical (unpaired) electrons. The summed E-state index contributed by atoms with van der Waals surface area (Å²) >= 11 is 6.32. The smallest absolute Gasteiger partial charge is 0.162 e. The number of halogens is 1. The van der Waals surface area contributed by atoms with Crippen LogP contribution in [0.3, 0.4) is 0 Å². The molecule has 0 unspecified atom stereocenters. The molecule has 0 aliphatic carbocycles. The lowest BCUT2D eigenvalue weighted by Gasteiger charge is -2.15. The Labute approximate surface area is 127 Å². The maximum absolute atomic E-state index is 6.32. The van der Waals surface area contributed by atoms with Crippen LogP contribution in [0.2, 0.25) is 5.02 Å². The second-order valence-corrected chi connectivity index (χ2v) is 5.60. The van der Waals surface area contributed by atoms with E-state index in [1.54, 1.807) is 0 Å². The number of hydrogen-bond donors (Lipinski definition) is 1. The molecular weight excluding hydrogens is 274 g/mol. The van der Waals surface area contributed by atoms with Crippen LogP contribution in [0.5, 0.6) is 11.5 Å². The maximum atomic E-state index is 6.32. The van der Waals surface area contributed by atoms with E-state index in [0.717, 1.165) is 41.6 Å². The fraction of sp³-hybridized carbons (Fsp3) is 0.625. The summed E-state index contributed by atoms with van der Waals surface area (Å²) < 4.78 is 11.3. The van der Waals surface area contributed by atoms with Crippen molar-refractivity contribution < 1.29 is 9.47 Å². The van der Waals surface area contributed by atoms with Crippen LogP contribution >= 0.6 is 11.6 Å². The zero-order chi connectivity index (χ0) is 15.0. The van der Waals surface area contributed by atoms with E-state index < -0.39 is 0 Å². The Morgan fingerprint density at radius 3 is 2.45 bits per heavy atom. The van der Waals surface area contributed by atoms with Gasteiger partial charge >= 0.3 is 0 Å². The number of hydrogen-bond acceptors (Lipinski definition) is 3. The predicted molar refractivity (Wildman–Crippen MR) is 85.0 cm³/mol. The van der Waals surface area contributed by atoms with Crippen molar-refractivity contribution in [2.24, 2.45) is 5.92 Å². The Bertz CT molecular complexity index is 408. The normalized spacial score (nSPS) is 10.9. The largest absolute Gasteiger partial charge is 0.490 e. The molecule has 0 aliphatic heterocycles. The van der Waals surface area contributed by atoms with Gasteiger partial charge in [-0.1, -0.05) is 32.4 Å². The van der Waals surface area contributed by atoms with E-state index >= 15 is 0 Å². The zero-order valence-corrected chi connectivity index (χ0v) is 13.7. The molecule has 4 heteroatoms. The van der Waals surface area contributed by atoms with Crippen LogP contribution in [0.25, 0.3) is 0 Å². The third kappa shape index (κ3) is 5.59. The van der Waals surface area contributed by atoms with Gasteiger partial charge in [-0.25, -0.2) is 0 Å². The number of rotatable bonds is 9. The topological polar surface area (TPSA) is 30.5 Å². The van der Waals surface area contributed by atoms with Crippen molar-refractivity contribution in [2.75, 3.05) is 19.8 Å². The van der Waals surface area contributed by atoms with Crippen LogP contribution in [0.4, 0.5) is 0 Å². The second kappa shape index (κ2) is 9.09. The SMILES string of the molecule is CCCOc1cc(Cl)c(CNCC(C)C)cc1OCC. The summed E-state index contributed by atoms with van der Waals surface area (Å²) in [6.45, 7) is 11.4. The molecule has 0 spiro atoms. The molecular formula is C16H26ClNO2. The fourth-order valence-electron chi connectivity index (χ4n) is 1.80. The maximum Gasteiger partial charge on any atom is 0.162 e. The Kier molecular flexibility index (Phi) is 7.78. The predicted octanol–water partition coefficient (Wildman–Crippen LogP) is 4.27. The first kappa shape index (κ1) is 17.1. The molecule has 1 aromatic carbocycles. The van der Waals surface area contributed by atoms with Crippen molar-refractivity contribution >= 4 is 11.6 Å². The van der Waals surface area contributed by atoms with Crippen molar-refractivity contribution in [3.8, 4) is 11.5 Å². The fourth-order valence-corrected chi connectivity index (χ4v) is 2.02. The minimum absolute atomic E-state index is 0.614. The Morgan fingerprint density at radius 1 is 1.15 bits per heavy atom. The average Bonchev–Trinajstić information content (AvgIpc) is 2.40. The summed E-state index contributed by atoms with van der Waals surface area (Å²) in [4.78, 5) is 0.